The molecule has 2 N–H and O–H groups in total. The Morgan fingerprint density at radius 3 is 2.59 bits per heavy atom. The average Bonchev–Trinajstić information content (AvgIpc) is 2.69. The van der Waals surface area contributed by atoms with Crippen molar-refractivity contribution in [2.24, 2.45) is 11.7 Å². The van der Waals surface area contributed by atoms with Crippen LogP contribution in [0.5, 0.6) is 5.75 Å². The van der Waals surface area contributed by atoms with Gasteiger partial charge in [-0.2, -0.15) is 0 Å². The van der Waals surface area contributed by atoms with Gasteiger partial charge < -0.3 is 15.4 Å². The monoisotopic (exact) mass is 374 g/mol. The second-order valence-electron chi connectivity index (χ2n) is 7.03. The maximum absolute atomic E-state index is 13.6. The highest BCUT2D eigenvalue weighted by atomic mass is 19.2. The van der Waals surface area contributed by atoms with E-state index in [0.29, 0.717) is 18.7 Å². The van der Waals surface area contributed by atoms with Gasteiger partial charge in [-0.1, -0.05) is 30.3 Å². The van der Waals surface area contributed by atoms with Crippen molar-refractivity contribution in [2.75, 3.05) is 13.1 Å². The van der Waals surface area contributed by atoms with Crippen molar-refractivity contribution in [1.82, 2.24) is 4.90 Å². The lowest BCUT2D eigenvalue weighted by Crippen LogP contribution is -2.47. The van der Waals surface area contributed by atoms with E-state index in [0.717, 1.165) is 25.0 Å². The van der Waals surface area contributed by atoms with E-state index in [9.17, 15) is 13.6 Å². The smallest absolute Gasteiger partial charge is 0.268 e. The topological polar surface area (TPSA) is 55.6 Å². The number of carbonyl (C=O) groups is 1. The highest BCUT2D eigenvalue weighted by Crippen LogP contribution is 2.28. The zero-order valence-electron chi connectivity index (χ0n) is 15.3. The van der Waals surface area contributed by atoms with Crippen LogP contribution in [0.1, 0.15) is 31.4 Å². The summed E-state index contributed by atoms with van der Waals surface area (Å²) < 4.78 is 32.6. The number of hydrogen-bond donors (Lipinski definition) is 1. The van der Waals surface area contributed by atoms with Gasteiger partial charge in [-0.25, -0.2) is 8.78 Å². The summed E-state index contributed by atoms with van der Waals surface area (Å²) in [4.78, 5) is 15.0. The quantitative estimate of drug-likeness (QED) is 0.869. The summed E-state index contributed by atoms with van der Waals surface area (Å²) in [5.74, 6) is -1.82. The number of hydrogen-bond acceptors (Lipinski definition) is 3. The van der Waals surface area contributed by atoms with E-state index in [1.807, 2.05) is 25.1 Å². The van der Waals surface area contributed by atoms with E-state index < -0.39 is 17.7 Å². The second-order valence-corrected chi connectivity index (χ2v) is 7.03. The van der Waals surface area contributed by atoms with Crippen molar-refractivity contribution >= 4 is 5.91 Å². The summed E-state index contributed by atoms with van der Waals surface area (Å²) in [5.41, 5.74) is 6.69. The molecule has 1 heterocycles. The summed E-state index contributed by atoms with van der Waals surface area (Å²) >= 11 is 0. The first-order valence-corrected chi connectivity index (χ1v) is 9.16. The maximum Gasteiger partial charge on any atom is 0.268 e. The fourth-order valence-corrected chi connectivity index (χ4v) is 3.38. The Balaban J connectivity index is 1.85. The molecule has 0 aliphatic carbocycles. The van der Waals surface area contributed by atoms with Crippen LogP contribution >= 0.6 is 0 Å². The highest BCUT2D eigenvalue weighted by molar-refractivity contribution is 5.82. The number of piperidine rings is 1. The van der Waals surface area contributed by atoms with Crippen LogP contribution in [0.25, 0.3) is 0 Å². The third kappa shape index (κ3) is 4.63. The molecular formula is C21H24F2N2O2. The fraction of sp³-hybridized carbons (Fsp3) is 0.381. The molecular weight excluding hydrogens is 350 g/mol. The van der Waals surface area contributed by atoms with E-state index in [4.69, 9.17) is 10.5 Å². The minimum Gasteiger partial charge on any atom is -0.476 e. The minimum absolute atomic E-state index is 0.00267. The molecule has 1 saturated heterocycles. The Hall–Kier alpha value is -2.47. The Kier molecular flexibility index (Phi) is 6.06. The maximum atomic E-state index is 13.6. The molecule has 3 unspecified atom stereocenters. The molecule has 1 fully saturated rings. The van der Waals surface area contributed by atoms with Crippen LogP contribution in [0.15, 0.2) is 48.5 Å². The van der Waals surface area contributed by atoms with Crippen molar-refractivity contribution in [1.29, 1.82) is 0 Å². The van der Waals surface area contributed by atoms with Crippen LogP contribution in [0.2, 0.25) is 0 Å². The molecule has 0 aromatic heterocycles. The van der Waals surface area contributed by atoms with Crippen LogP contribution in [0.4, 0.5) is 8.78 Å². The van der Waals surface area contributed by atoms with Crippen molar-refractivity contribution in [3.63, 3.8) is 0 Å². The highest BCUT2D eigenvalue weighted by Gasteiger charge is 2.32. The van der Waals surface area contributed by atoms with Gasteiger partial charge in [-0.3, -0.25) is 4.79 Å². The second kappa shape index (κ2) is 8.48. The summed E-state index contributed by atoms with van der Waals surface area (Å²) in [6, 6.07) is 12.3. The minimum atomic E-state index is -1.01. The van der Waals surface area contributed by atoms with Gasteiger partial charge in [-0.15, -0.1) is 0 Å². The van der Waals surface area contributed by atoms with Gasteiger partial charge in [-0.05, 0) is 37.8 Å². The first-order valence-electron chi connectivity index (χ1n) is 9.16. The Morgan fingerprint density at radius 1 is 1.19 bits per heavy atom. The molecule has 144 valence electrons. The average molecular weight is 374 g/mol. The van der Waals surface area contributed by atoms with Crippen LogP contribution < -0.4 is 10.5 Å². The molecule has 0 saturated carbocycles. The molecule has 0 spiro atoms. The Morgan fingerprint density at radius 2 is 1.93 bits per heavy atom. The standard InChI is InChI=1S/C21H24F2N2O2/c1-14(24)16-8-5-11-25(13-16)21(26)20(15-6-3-2-4-7-15)27-17-9-10-18(22)19(23)12-17/h2-4,6-7,9-10,12,14,16,20H,5,8,11,13,24H2,1H3. The van der Waals surface area contributed by atoms with Crippen LogP contribution in [-0.2, 0) is 4.79 Å². The van der Waals surface area contributed by atoms with Gasteiger partial charge in [0.1, 0.15) is 5.75 Å². The van der Waals surface area contributed by atoms with Gasteiger partial charge in [0.2, 0.25) is 6.10 Å². The van der Waals surface area contributed by atoms with Crippen LogP contribution in [0, 0.1) is 17.6 Å². The largest absolute Gasteiger partial charge is 0.476 e. The van der Waals surface area contributed by atoms with E-state index in [1.165, 1.54) is 6.07 Å². The predicted molar refractivity (Wildman–Crippen MR) is 99.1 cm³/mol. The summed E-state index contributed by atoms with van der Waals surface area (Å²) in [7, 11) is 0. The van der Waals surface area contributed by atoms with Gasteiger partial charge in [0, 0.05) is 30.8 Å². The van der Waals surface area contributed by atoms with E-state index in [-0.39, 0.29) is 23.6 Å². The van der Waals surface area contributed by atoms with Crippen LogP contribution in [0.3, 0.4) is 0 Å². The number of carbonyl (C=O) groups excluding carboxylic acids is 1. The lowest BCUT2D eigenvalue weighted by molar-refractivity contribution is -0.141. The molecule has 1 amide bonds. The van der Waals surface area contributed by atoms with E-state index >= 15 is 0 Å². The molecule has 3 atom stereocenters. The molecule has 27 heavy (non-hydrogen) atoms. The number of amides is 1. The van der Waals surface area contributed by atoms with Crippen molar-refractivity contribution in [3.05, 3.63) is 65.7 Å². The SMILES string of the molecule is CC(N)C1CCCN(C(=O)C(Oc2ccc(F)c(F)c2)c2ccccc2)C1. The first-order chi connectivity index (χ1) is 13.0. The molecule has 2 aromatic rings. The number of nitrogens with zero attached hydrogens (tertiary/aromatic N) is 1. The molecule has 6 heteroatoms. The lowest BCUT2D eigenvalue weighted by atomic mass is 9.91. The van der Waals surface area contributed by atoms with E-state index in [2.05, 4.69) is 0 Å². The molecule has 0 radical (unpaired) electrons. The Labute approximate surface area is 157 Å². The summed E-state index contributed by atoms with van der Waals surface area (Å²) in [5, 5.41) is 0. The zero-order valence-corrected chi connectivity index (χ0v) is 15.3. The van der Waals surface area contributed by atoms with E-state index in [1.54, 1.807) is 17.0 Å². The molecule has 4 nitrogen and oxygen atoms in total. The normalized spacial score (nSPS) is 19.4. The fourth-order valence-electron chi connectivity index (χ4n) is 3.38. The predicted octanol–water partition coefficient (Wildman–Crippen LogP) is 3.67. The first kappa shape index (κ1) is 19.3. The van der Waals surface area contributed by atoms with Gasteiger partial charge in [0.05, 0.1) is 0 Å². The molecule has 2 aromatic carbocycles. The Bertz CT molecular complexity index is 783. The number of ether oxygens (including phenoxy) is 1. The van der Waals surface area contributed by atoms with Crippen LogP contribution in [-0.4, -0.2) is 29.9 Å². The number of benzene rings is 2. The molecule has 1 aliphatic heterocycles. The molecule has 0 bridgehead atoms. The van der Waals surface area contributed by atoms with Crippen molar-refractivity contribution < 1.29 is 18.3 Å². The van der Waals surface area contributed by atoms with Gasteiger partial charge in [0.15, 0.2) is 11.6 Å². The lowest BCUT2D eigenvalue weighted by Gasteiger charge is -2.36. The molecule has 3 rings (SSSR count). The van der Waals surface area contributed by atoms with Crippen molar-refractivity contribution in [2.45, 2.75) is 31.9 Å². The zero-order chi connectivity index (χ0) is 19.4. The number of likely N-dealkylation sites (tertiary alicyclic amines) is 1. The summed E-state index contributed by atoms with van der Waals surface area (Å²) in [6.45, 7) is 3.15. The third-order valence-corrected chi connectivity index (χ3v) is 4.98. The van der Waals surface area contributed by atoms with Crippen molar-refractivity contribution in [3.8, 4) is 5.75 Å². The van der Waals surface area contributed by atoms with Gasteiger partial charge >= 0.3 is 0 Å². The number of nitrogens with two attached hydrogens (primary N) is 1. The third-order valence-electron chi connectivity index (χ3n) is 4.98. The molecule has 1 aliphatic rings. The summed E-state index contributed by atoms with van der Waals surface area (Å²) in [6.07, 6.45) is 0.939. The number of halogens is 2. The van der Waals surface area contributed by atoms with Gasteiger partial charge in [0.25, 0.3) is 5.91 Å². The number of rotatable bonds is 5.